The summed E-state index contributed by atoms with van der Waals surface area (Å²) in [6, 6.07) is 12.6. The summed E-state index contributed by atoms with van der Waals surface area (Å²) < 4.78 is 10.4. The first-order valence-electron chi connectivity index (χ1n) is 7.75. The minimum atomic E-state index is -0.234. The molecule has 0 aliphatic carbocycles. The molecule has 0 aliphatic rings. The number of hydrogen-bond acceptors (Lipinski definition) is 4. The number of amides is 1. The lowest BCUT2D eigenvalue weighted by molar-refractivity contribution is 0.102. The maximum Gasteiger partial charge on any atom is 0.255 e. The first-order chi connectivity index (χ1) is 12.1. The van der Waals surface area contributed by atoms with Gasteiger partial charge in [0.15, 0.2) is 0 Å². The number of rotatable bonds is 5. The number of nitrogens with zero attached hydrogens (tertiary/aromatic N) is 1. The van der Waals surface area contributed by atoms with Crippen molar-refractivity contribution in [2.45, 2.75) is 6.92 Å². The number of methoxy groups -OCH3 is 2. The summed E-state index contributed by atoms with van der Waals surface area (Å²) in [6.07, 6.45) is 1.78. The summed E-state index contributed by atoms with van der Waals surface area (Å²) in [5.41, 5.74) is 3.10. The average Bonchev–Trinajstić information content (AvgIpc) is 3.08. The summed E-state index contributed by atoms with van der Waals surface area (Å²) in [4.78, 5) is 19.8. The fraction of sp³-hybridized carbons (Fsp3) is 0.158. The molecule has 0 aliphatic heterocycles. The third-order valence-corrected chi connectivity index (χ3v) is 3.77. The summed E-state index contributed by atoms with van der Waals surface area (Å²) in [6.45, 7) is 1.90. The fourth-order valence-corrected chi connectivity index (χ4v) is 2.44. The van der Waals surface area contributed by atoms with Gasteiger partial charge in [0, 0.05) is 17.3 Å². The van der Waals surface area contributed by atoms with Crippen LogP contribution < -0.4 is 14.8 Å². The molecule has 0 radical (unpaired) electrons. The number of aromatic amines is 1. The lowest BCUT2D eigenvalue weighted by Gasteiger charge is -2.09. The van der Waals surface area contributed by atoms with Gasteiger partial charge >= 0.3 is 0 Å². The first kappa shape index (κ1) is 16.6. The Morgan fingerprint density at radius 3 is 2.20 bits per heavy atom. The number of hydrogen-bond donors (Lipinski definition) is 2. The maximum atomic E-state index is 12.5. The van der Waals surface area contributed by atoms with E-state index < -0.39 is 0 Å². The summed E-state index contributed by atoms with van der Waals surface area (Å²) in [7, 11) is 3.10. The molecule has 2 aromatic carbocycles. The predicted molar refractivity (Wildman–Crippen MR) is 96.3 cm³/mol. The van der Waals surface area contributed by atoms with Gasteiger partial charge in [-0.1, -0.05) is 12.1 Å². The monoisotopic (exact) mass is 337 g/mol. The van der Waals surface area contributed by atoms with Gasteiger partial charge in [-0.25, -0.2) is 4.98 Å². The minimum absolute atomic E-state index is 0.234. The second kappa shape index (κ2) is 7.09. The van der Waals surface area contributed by atoms with Gasteiger partial charge in [0.25, 0.3) is 5.91 Å². The Labute approximate surface area is 145 Å². The maximum absolute atomic E-state index is 12.5. The molecule has 6 nitrogen and oxygen atoms in total. The summed E-state index contributed by atoms with van der Waals surface area (Å²) in [5.74, 6) is 1.76. The number of benzene rings is 2. The molecule has 128 valence electrons. The number of carbonyl (C=O) groups is 1. The van der Waals surface area contributed by atoms with Crippen LogP contribution in [0.5, 0.6) is 11.5 Å². The SMILES string of the molecule is COc1cc(OC)cc(C(=O)Nc2ccc(-c3cnc(C)[nH]3)cc2)c1. The van der Waals surface area contributed by atoms with Gasteiger partial charge in [0.05, 0.1) is 26.1 Å². The molecule has 6 heteroatoms. The van der Waals surface area contributed by atoms with Gasteiger partial charge in [-0.3, -0.25) is 4.79 Å². The molecule has 2 N–H and O–H groups in total. The van der Waals surface area contributed by atoms with E-state index >= 15 is 0 Å². The van der Waals surface area contributed by atoms with Crippen molar-refractivity contribution in [3.8, 4) is 22.8 Å². The fourth-order valence-electron chi connectivity index (χ4n) is 2.44. The van der Waals surface area contributed by atoms with Crippen LogP contribution in [0.25, 0.3) is 11.3 Å². The van der Waals surface area contributed by atoms with Crippen LogP contribution in [0.2, 0.25) is 0 Å². The van der Waals surface area contributed by atoms with Crippen molar-refractivity contribution < 1.29 is 14.3 Å². The van der Waals surface area contributed by atoms with E-state index in [1.807, 2.05) is 31.2 Å². The molecule has 0 saturated carbocycles. The Balaban J connectivity index is 1.77. The zero-order chi connectivity index (χ0) is 17.8. The Hall–Kier alpha value is -3.28. The van der Waals surface area contributed by atoms with Crippen molar-refractivity contribution in [3.63, 3.8) is 0 Å². The highest BCUT2D eigenvalue weighted by Crippen LogP contribution is 2.24. The summed E-state index contributed by atoms with van der Waals surface area (Å²) in [5, 5.41) is 2.87. The van der Waals surface area contributed by atoms with Crippen molar-refractivity contribution in [1.29, 1.82) is 0 Å². The van der Waals surface area contributed by atoms with Crippen LogP contribution in [0.1, 0.15) is 16.2 Å². The normalized spacial score (nSPS) is 10.4. The molecule has 0 saturated heterocycles. The van der Waals surface area contributed by atoms with Crippen LogP contribution in [0.15, 0.2) is 48.7 Å². The number of imidazole rings is 1. The van der Waals surface area contributed by atoms with Crippen LogP contribution in [0.4, 0.5) is 5.69 Å². The van der Waals surface area contributed by atoms with Crippen LogP contribution in [0.3, 0.4) is 0 Å². The Kier molecular flexibility index (Phi) is 4.70. The number of aryl methyl sites for hydroxylation is 1. The van der Waals surface area contributed by atoms with Crippen LogP contribution >= 0.6 is 0 Å². The number of ether oxygens (including phenoxy) is 2. The minimum Gasteiger partial charge on any atom is -0.497 e. The van der Waals surface area contributed by atoms with Crippen LogP contribution in [-0.4, -0.2) is 30.1 Å². The molecular formula is C19H19N3O3. The molecule has 0 unspecified atom stereocenters. The van der Waals surface area contributed by atoms with E-state index in [9.17, 15) is 4.79 Å². The Morgan fingerprint density at radius 1 is 1.04 bits per heavy atom. The van der Waals surface area contributed by atoms with Crippen molar-refractivity contribution in [3.05, 3.63) is 60.0 Å². The third kappa shape index (κ3) is 3.80. The van der Waals surface area contributed by atoms with Gasteiger partial charge in [0.2, 0.25) is 0 Å². The molecule has 1 amide bonds. The standard InChI is InChI=1S/C19H19N3O3/c1-12-20-11-18(21-12)13-4-6-15(7-5-13)22-19(23)14-8-16(24-2)10-17(9-14)25-3/h4-11H,1-3H3,(H,20,21)(H,22,23). The highest BCUT2D eigenvalue weighted by atomic mass is 16.5. The number of nitrogens with one attached hydrogen (secondary N) is 2. The quantitative estimate of drug-likeness (QED) is 0.745. The molecule has 25 heavy (non-hydrogen) atoms. The second-order valence-corrected chi connectivity index (χ2v) is 5.52. The lowest BCUT2D eigenvalue weighted by atomic mass is 10.1. The molecule has 0 bridgehead atoms. The first-order valence-corrected chi connectivity index (χ1v) is 7.75. The van der Waals surface area contributed by atoms with E-state index in [0.717, 1.165) is 17.1 Å². The molecule has 3 rings (SSSR count). The van der Waals surface area contributed by atoms with Gasteiger partial charge < -0.3 is 19.8 Å². The van der Waals surface area contributed by atoms with Gasteiger partial charge in [-0.15, -0.1) is 0 Å². The summed E-state index contributed by atoms with van der Waals surface area (Å²) >= 11 is 0. The van der Waals surface area contributed by atoms with E-state index in [1.54, 1.807) is 38.6 Å². The molecule has 0 spiro atoms. The molecule has 3 aromatic rings. The highest BCUT2D eigenvalue weighted by molar-refractivity contribution is 6.04. The van der Waals surface area contributed by atoms with E-state index in [0.29, 0.717) is 22.7 Å². The zero-order valence-corrected chi connectivity index (χ0v) is 14.3. The topological polar surface area (TPSA) is 76.2 Å². The number of anilines is 1. The third-order valence-electron chi connectivity index (χ3n) is 3.77. The molecule has 0 atom stereocenters. The zero-order valence-electron chi connectivity index (χ0n) is 14.3. The van der Waals surface area contributed by atoms with Crippen molar-refractivity contribution >= 4 is 11.6 Å². The van der Waals surface area contributed by atoms with E-state index in [1.165, 1.54) is 0 Å². The molecule has 1 heterocycles. The Morgan fingerprint density at radius 2 is 1.68 bits per heavy atom. The molecular weight excluding hydrogens is 318 g/mol. The smallest absolute Gasteiger partial charge is 0.255 e. The Bertz CT molecular complexity index is 863. The van der Waals surface area contributed by atoms with Crippen molar-refractivity contribution in [2.24, 2.45) is 0 Å². The van der Waals surface area contributed by atoms with Crippen molar-refractivity contribution in [2.75, 3.05) is 19.5 Å². The second-order valence-electron chi connectivity index (χ2n) is 5.52. The molecule has 1 aromatic heterocycles. The largest absolute Gasteiger partial charge is 0.497 e. The van der Waals surface area contributed by atoms with Gasteiger partial charge in [-0.05, 0) is 36.8 Å². The van der Waals surface area contributed by atoms with Crippen LogP contribution in [0, 0.1) is 6.92 Å². The predicted octanol–water partition coefficient (Wildman–Crippen LogP) is 3.65. The van der Waals surface area contributed by atoms with E-state index in [-0.39, 0.29) is 5.91 Å². The van der Waals surface area contributed by atoms with Gasteiger partial charge in [0.1, 0.15) is 17.3 Å². The molecule has 0 fully saturated rings. The lowest BCUT2D eigenvalue weighted by Crippen LogP contribution is -2.12. The average molecular weight is 337 g/mol. The van der Waals surface area contributed by atoms with E-state index in [2.05, 4.69) is 15.3 Å². The van der Waals surface area contributed by atoms with Crippen LogP contribution in [-0.2, 0) is 0 Å². The number of carbonyl (C=O) groups excluding carboxylic acids is 1. The van der Waals surface area contributed by atoms with Crippen molar-refractivity contribution in [1.82, 2.24) is 9.97 Å². The highest BCUT2D eigenvalue weighted by Gasteiger charge is 2.10. The van der Waals surface area contributed by atoms with E-state index in [4.69, 9.17) is 9.47 Å². The number of H-pyrrole nitrogens is 1. The number of aromatic nitrogens is 2. The van der Waals surface area contributed by atoms with Gasteiger partial charge in [-0.2, -0.15) is 0 Å².